The van der Waals surface area contributed by atoms with Gasteiger partial charge in [0.1, 0.15) is 17.0 Å². The van der Waals surface area contributed by atoms with Gasteiger partial charge in [-0.1, -0.05) is 44.1 Å². The Balaban J connectivity index is 1.94. The molecule has 1 fully saturated rings. The maximum atomic E-state index is 14.0. The van der Waals surface area contributed by atoms with Gasteiger partial charge in [0.15, 0.2) is 0 Å². The van der Waals surface area contributed by atoms with Crippen LogP contribution < -0.4 is 5.32 Å². The zero-order valence-electron chi connectivity index (χ0n) is 12.4. The molecule has 1 saturated carbocycles. The molecule has 4 heteroatoms. The standard InChI is InChI=1S/C18H19FN2O/c1-2-12-11-16(18(22)20-13-7-4-3-5-8-13)21-17-14(12)9-6-10-15(17)19/h2,6,9-11,13H,1,3-5,7-8H2,(H,20,22). The molecule has 1 N–H and O–H groups in total. The predicted molar refractivity (Wildman–Crippen MR) is 86.1 cm³/mol. The molecule has 0 bridgehead atoms. The van der Waals surface area contributed by atoms with Gasteiger partial charge in [0.2, 0.25) is 0 Å². The number of rotatable bonds is 3. The molecule has 2 aromatic rings. The minimum absolute atomic E-state index is 0.201. The van der Waals surface area contributed by atoms with Crippen LogP contribution in [0.3, 0.4) is 0 Å². The fourth-order valence-corrected chi connectivity index (χ4v) is 3.03. The summed E-state index contributed by atoms with van der Waals surface area (Å²) in [7, 11) is 0. The first-order chi connectivity index (χ1) is 10.7. The van der Waals surface area contributed by atoms with Gasteiger partial charge in [-0.15, -0.1) is 0 Å². The molecule has 0 aliphatic heterocycles. The average Bonchev–Trinajstić information content (AvgIpc) is 2.55. The summed E-state index contributed by atoms with van der Waals surface area (Å²) in [6, 6.07) is 6.64. The van der Waals surface area contributed by atoms with Crippen molar-refractivity contribution in [2.75, 3.05) is 0 Å². The lowest BCUT2D eigenvalue weighted by atomic mass is 9.95. The van der Waals surface area contributed by atoms with Crippen LogP contribution in [-0.4, -0.2) is 16.9 Å². The molecule has 1 aromatic heterocycles. The highest BCUT2D eigenvalue weighted by molar-refractivity contribution is 5.98. The van der Waals surface area contributed by atoms with Crippen LogP contribution in [0.4, 0.5) is 4.39 Å². The van der Waals surface area contributed by atoms with Crippen molar-refractivity contribution in [2.24, 2.45) is 0 Å². The summed E-state index contributed by atoms with van der Waals surface area (Å²) < 4.78 is 14.0. The molecule has 1 heterocycles. The monoisotopic (exact) mass is 298 g/mol. The van der Waals surface area contributed by atoms with E-state index in [1.807, 2.05) is 0 Å². The summed E-state index contributed by atoms with van der Waals surface area (Å²) in [5.74, 6) is -0.659. The van der Waals surface area contributed by atoms with Crippen molar-refractivity contribution in [3.05, 3.63) is 47.9 Å². The van der Waals surface area contributed by atoms with Crippen LogP contribution in [0.5, 0.6) is 0 Å². The van der Waals surface area contributed by atoms with E-state index in [1.165, 1.54) is 12.5 Å². The van der Waals surface area contributed by atoms with Gasteiger partial charge in [0.05, 0.1) is 0 Å². The van der Waals surface area contributed by atoms with Gasteiger partial charge in [-0.25, -0.2) is 9.37 Å². The fraction of sp³-hybridized carbons (Fsp3) is 0.333. The Morgan fingerprint density at radius 3 is 2.82 bits per heavy atom. The number of amides is 1. The minimum Gasteiger partial charge on any atom is -0.348 e. The van der Waals surface area contributed by atoms with Crippen molar-refractivity contribution < 1.29 is 9.18 Å². The third kappa shape index (κ3) is 2.86. The van der Waals surface area contributed by atoms with Crippen LogP contribution in [-0.2, 0) is 0 Å². The summed E-state index contributed by atoms with van der Waals surface area (Å²) in [4.78, 5) is 16.6. The number of nitrogens with zero attached hydrogens (tertiary/aromatic N) is 1. The number of carbonyl (C=O) groups excluding carboxylic acids is 1. The molecule has 3 rings (SSSR count). The second-order valence-electron chi connectivity index (χ2n) is 5.75. The molecule has 1 aromatic carbocycles. The van der Waals surface area contributed by atoms with E-state index in [2.05, 4.69) is 16.9 Å². The number of pyridine rings is 1. The number of halogens is 1. The van der Waals surface area contributed by atoms with Gasteiger partial charge in [-0.3, -0.25) is 4.79 Å². The molecule has 0 radical (unpaired) electrons. The van der Waals surface area contributed by atoms with Crippen LogP contribution in [0.1, 0.15) is 48.2 Å². The highest BCUT2D eigenvalue weighted by Crippen LogP contribution is 2.23. The highest BCUT2D eigenvalue weighted by atomic mass is 19.1. The van der Waals surface area contributed by atoms with E-state index >= 15 is 0 Å². The molecule has 22 heavy (non-hydrogen) atoms. The Hall–Kier alpha value is -2.23. The zero-order valence-corrected chi connectivity index (χ0v) is 12.4. The Bertz CT molecular complexity index is 720. The second kappa shape index (κ2) is 6.26. The van der Waals surface area contributed by atoms with Crippen molar-refractivity contribution in [3.8, 4) is 0 Å². The van der Waals surface area contributed by atoms with Crippen molar-refractivity contribution >= 4 is 22.9 Å². The first-order valence-corrected chi connectivity index (χ1v) is 7.71. The van der Waals surface area contributed by atoms with E-state index in [-0.39, 0.29) is 23.2 Å². The smallest absolute Gasteiger partial charge is 0.270 e. The summed E-state index contributed by atoms with van der Waals surface area (Å²) >= 11 is 0. The molecule has 0 spiro atoms. The quantitative estimate of drug-likeness (QED) is 0.927. The van der Waals surface area contributed by atoms with E-state index < -0.39 is 5.82 Å². The second-order valence-corrected chi connectivity index (χ2v) is 5.75. The van der Waals surface area contributed by atoms with Crippen LogP contribution in [0.15, 0.2) is 30.8 Å². The molecular weight excluding hydrogens is 279 g/mol. The van der Waals surface area contributed by atoms with Gasteiger partial charge in [-0.05, 0) is 30.5 Å². The Morgan fingerprint density at radius 1 is 1.32 bits per heavy atom. The van der Waals surface area contributed by atoms with Gasteiger partial charge in [-0.2, -0.15) is 0 Å². The lowest BCUT2D eigenvalue weighted by Crippen LogP contribution is -2.36. The third-order valence-electron chi connectivity index (χ3n) is 4.22. The molecule has 1 aliphatic carbocycles. The molecule has 114 valence electrons. The summed E-state index contributed by atoms with van der Waals surface area (Å²) in [6.45, 7) is 3.74. The van der Waals surface area contributed by atoms with E-state index in [0.29, 0.717) is 5.39 Å². The van der Waals surface area contributed by atoms with Crippen LogP contribution in [0.2, 0.25) is 0 Å². The number of para-hydroxylation sites is 1. The van der Waals surface area contributed by atoms with Crippen LogP contribution >= 0.6 is 0 Å². The molecular formula is C18H19FN2O. The molecule has 1 aliphatic rings. The molecule has 0 atom stereocenters. The average molecular weight is 298 g/mol. The van der Waals surface area contributed by atoms with Gasteiger partial charge >= 0.3 is 0 Å². The topological polar surface area (TPSA) is 42.0 Å². The van der Waals surface area contributed by atoms with E-state index in [1.54, 1.807) is 24.3 Å². The van der Waals surface area contributed by atoms with E-state index in [9.17, 15) is 9.18 Å². The first kappa shape index (κ1) is 14.7. The number of aromatic nitrogens is 1. The highest BCUT2D eigenvalue weighted by Gasteiger charge is 2.18. The molecule has 0 unspecified atom stereocenters. The lowest BCUT2D eigenvalue weighted by molar-refractivity contribution is 0.0923. The number of fused-ring (bicyclic) bond motifs is 1. The summed E-state index contributed by atoms with van der Waals surface area (Å²) in [5, 5.41) is 3.68. The number of carbonyl (C=O) groups is 1. The van der Waals surface area contributed by atoms with Crippen LogP contribution in [0.25, 0.3) is 17.0 Å². The molecule has 0 saturated heterocycles. The predicted octanol–water partition coefficient (Wildman–Crippen LogP) is 4.08. The van der Waals surface area contributed by atoms with Gasteiger partial charge < -0.3 is 5.32 Å². The van der Waals surface area contributed by atoms with Crippen molar-refractivity contribution in [1.82, 2.24) is 10.3 Å². The Labute approximate surface area is 129 Å². The molecule has 1 amide bonds. The van der Waals surface area contributed by atoms with Gasteiger partial charge in [0, 0.05) is 11.4 Å². The largest absolute Gasteiger partial charge is 0.348 e. The number of nitrogens with one attached hydrogen (secondary N) is 1. The fourth-order valence-electron chi connectivity index (χ4n) is 3.03. The first-order valence-electron chi connectivity index (χ1n) is 7.71. The minimum atomic E-state index is -0.423. The number of hydrogen-bond acceptors (Lipinski definition) is 2. The summed E-state index contributed by atoms with van der Waals surface area (Å²) in [5.41, 5.74) is 1.19. The lowest BCUT2D eigenvalue weighted by Gasteiger charge is -2.22. The van der Waals surface area contributed by atoms with Crippen LogP contribution in [0, 0.1) is 5.82 Å². The zero-order chi connectivity index (χ0) is 15.5. The summed E-state index contributed by atoms with van der Waals surface area (Å²) in [6.07, 6.45) is 7.14. The van der Waals surface area contributed by atoms with Crippen molar-refractivity contribution in [3.63, 3.8) is 0 Å². The number of benzene rings is 1. The van der Waals surface area contributed by atoms with E-state index in [0.717, 1.165) is 31.2 Å². The molecule has 3 nitrogen and oxygen atoms in total. The van der Waals surface area contributed by atoms with Crippen molar-refractivity contribution in [1.29, 1.82) is 0 Å². The maximum Gasteiger partial charge on any atom is 0.270 e. The number of hydrogen-bond donors (Lipinski definition) is 1. The normalized spacial score (nSPS) is 15.7. The van der Waals surface area contributed by atoms with E-state index in [4.69, 9.17) is 0 Å². The van der Waals surface area contributed by atoms with Gasteiger partial charge in [0.25, 0.3) is 5.91 Å². The Morgan fingerprint density at radius 2 is 2.09 bits per heavy atom. The SMILES string of the molecule is C=Cc1cc(C(=O)NC2CCCCC2)nc2c(F)cccc12. The Kier molecular flexibility index (Phi) is 4.18. The van der Waals surface area contributed by atoms with Crippen molar-refractivity contribution in [2.45, 2.75) is 38.1 Å². The third-order valence-corrected chi connectivity index (χ3v) is 4.22. The maximum absolute atomic E-state index is 14.0.